The molecule has 0 radical (unpaired) electrons. The summed E-state index contributed by atoms with van der Waals surface area (Å²) in [5.41, 5.74) is 8.34. The van der Waals surface area contributed by atoms with E-state index >= 15 is 0 Å². The average Bonchev–Trinajstić information content (AvgIpc) is 2.61. The van der Waals surface area contributed by atoms with Gasteiger partial charge in [0, 0.05) is 18.5 Å². The zero-order chi connectivity index (χ0) is 18.9. The first-order chi connectivity index (χ1) is 12.4. The molecule has 0 aliphatic carbocycles. The van der Waals surface area contributed by atoms with Gasteiger partial charge >= 0.3 is 0 Å². The smallest absolute Gasteiger partial charge is 0.222 e. The van der Waals surface area contributed by atoms with E-state index in [9.17, 15) is 4.79 Å². The van der Waals surface area contributed by atoms with Gasteiger partial charge in [0.05, 0.1) is 6.10 Å². The molecule has 0 aromatic heterocycles. The molecule has 1 amide bonds. The average molecular weight is 354 g/mol. The van der Waals surface area contributed by atoms with Crippen LogP contribution in [0.2, 0.25) is 0 Å². The van der Waals surface area contributed by atoms with Crippen molar-refractivity contribution in [3.8, 4) is 5.75 Å². The van der Waals surface area contributed by atoms with Crippen LogP contribution in [0.5, 0.6) is 5.75 Å². The Labute approximate surface area is 156 Å². The predicted octanol–water partition coefficient (Wildman–Crippen LogP) is 4.00. The third-order valence-corrected chi connectivity index (χ3v) is 4.20. The van der Waals surface area contributed by atoms with Gasteiger partial charge in [0.25, 0.3) is 0 Å². The quantitative estimate of drug-likeness (QED) is 0.715. The molecule has 0 fully saturated rings. The zero-order valence-electron chi connectivity index (χ0n) is 15.9. The summed E-state index contributed by atoms with van der Waals surface area (Å²) in [7, 11) is 0. The summed E-state index contributed by atoms with van der Waals surface area (Å²) in [4.78, 5) is 12.2. The molecule has 0 saturated carbocycles. The third-order valence-electron chi connectivity index (χ3n) is 4.20. The highest BCUT2D eigenvalue weighted by Gasteiger charge is 2.13. The van der Waals surface area contributed by atoms with Crippen LogP contribution in [0, 0.1) is 0 Å². The van der Waals surface area contributed by atoms with Crippen molar-refractivity contribution in [1.82, 2.24) is 5.32 Å². The number of carbonyl (C=O) groups excluding carboxylic acids is 1. The van der Waals surface area contributed by atoms with E-state index in [-0.39, 0.29) is 24.1 Å². The van der Waals surface area contributed by atoms with Crippen LogP contribution < -0.4 is 15.8 Å². The molecule has 2 atom stereocenters. The van der Waals surface area contributed by atoms with Crippen LogP contribution in [0.3, 0.4) is 0 Å². The van der Waals surface area contributed by atoms with E-state index in [4.69, 9.17) is 10.5 Å². The van der Waals surface area contributed by atoms with Crippen LogP contribution in [0.1, 0.15) is 50.8 Å². The molecule has 4 heteroatoms. The van der Waals surface area contributed by atoms with Crippen molar-refractivity contribution in [3.05, 3.63) is 65.7 Å². The number of aryl methyl sites for hydroxylation is 1. The van der Waals surface area contributed by atoms with E-state index in [2.05, 4.69) is 17.4 Å². The normalized spacial score (nSPS) is 13.3. The number of hydrogen-bond donors (Lipinski definition) is 2. The lowest BCUT2D eigenvalue weighted by Crippen LogP contribution is -2.34. The number of hydrogen-bond acceptors (Lipinski definition) is 3. The monoisotopic (exact) mass is 354 g/mol. The van der Waals surface area contributed by atoms with Crippen LogP contribution in [-0.4, -0.2) is 18.1 Å². The van der Waals surface area contributed by atoms with Gasteiger partial charge in [0.1, 0.15) is 5.75 Å². The van der Waals surface area contributed by atoms with E-state index in [0.29, 0.717) is 6.42 Å². The molecule has 0 aliphatic rings. The van der Waals surface area contributed by atoms with Crippen molar-refractivity contribution in [2.75, 3.05) is 0 Å². The lowest BCUT2D eigenvalue weighted by atomic mass is 10.0. The second-order valence-electron chi connectivity index (χ2n) is 7.04. The summed E-state index contributed by atoms with van der Waals surface area (Å²) in [5, 5.41) is 3.04. The fourth-order valence-electron chi connectivity index (χ4n) is 2.81. The summed E-state index contributed by atoms with van der Waals surface area (Å²) >= 11 is 0. The van der Waals surface area contributed by atoms with Gasteiger partial charge < -0.3 is 15.8 Å². The lowest BCUT2D eigenvalue weighted by molar-refractivity contribution is -0.122. The largest absolute Gasteiger partial charge is 0.491 e. The van der Waals surface area contributed by atoms with Gasteiger partial charge in [-0.05, 0) is 56.9 Å². The van der Waals surface area contributed by atoms with Crippen LogP contribution in [0.15, 0.2) is 54.6 Å². The minimum atomic E-state index is -0.267. The highest BCUT2D eigenvalue weighted by Crippen LogP contribution is 2.16. The maximum Gasteiger partial charge on any atom is 0.222 e. The molecule has 2 rings (SSSR count). The Morgan fingerprint density at radius 3 is 2.31 bits per heavy atom. The zero-order valence-corrected chi connectivity index (χ0v) is 15.9. The SMILES string of the molecule is CC(CCc1ccc(OC(C)C)cc1)NC(=O)CC(N)c1ccccc1. The highest BCUT2D eigenvalue weighted by atomic mass is 16.5. The molecule has 2 aromatic rings. The van der Waals surface area contributed by atoms with Crippen LogP contribution >= 0.6 is 0 Å². The van der Waals surface area contributed by atoms with Crippen molar-refractivity contribution in [3.63, 3.8) is 0 Å². The molecular formula is C22H30N2O2. The van der Waals surface area contributed by atoms with E-state index in [0.717, 1.165) is 24.2 Å². The summed E-state index contributed by atoms with van der Waals surface area (Å²) in [6.07, 6.45) is 2.28. The Hall–Kier alpha value is -2.33. The first-order valence-electron chi connectivity index (χ1n) is 9.29. The molecular weight excluding hydrogens is 324 g/mol. The fraction of sp³-hybridized carbons (Fsp3) is 0.409. The van der Waals surface area contributed by atoms with Gasteiger partial charge in [-0.3, -0.25) is 4.79 Å². The summed E-state index contributed by atoms with van der Waals surface area (Å²) in [6, 6.07) is 17.7. The Morgan fingerprint density at radius 2 is 1.69 bits per heavy atom. The van der Waals surface area contributed by atoms with Crippen molar-refractivity contribution in [2.24, 2.45) is 5.73 Å². The summed E-state index contributed by atoms with van der Waals surface area (Å²) in [6.45, 7) is 6.06. The van der Waals surface area contributed by atoms with Crippen LogP contribution in [0.4, 0.5) is 0 Å². The summed E-state index contributed by atoms with van der Waals surface area (Å²) in [5.74, 6) is 0.884. The topological polar surface area (TPSA) is 64.3 Å². The minimum absolute atomic E-state index is 0.00506. The Bertz CT molecular complexity index is 668. The van der Waals surface area contributed by atoms with Gasteiger partial charge in [0.2, 0.25) is 5.91 Å². The fourth-order valence-corrected chi connectivity index (χ4v) is 2.81. The van der Waals surface area contributed by atoms with Gasteiger partial charge in [-0.1, -0.05) is 42.5 Å². The number of amides is 1. The molecule has 2 unspecified atom stereocenters. The summed E-state index contributed by atoms with van der Waals surface area (Å²) < 4.78 is 5.65. The number of benzene rings is 2. The van der Waals surface area contributed by atoms with Crippen molar-refractivity contribution in [1.29, 1.82) is 0 Å². The molecule has 3 N–H and O–H groups in total. The minimum Gasteiger partial charge on any atom is -0.491 e. The standard InChI is InChI=1S/C22H30N2O2/c1-16(2)26-20-13-11-18(12-14-20)10-9-17(3)24-22(25)15-21(23)19-7-5-4-6-8-19/h4-8,11-14,16-17,21H,9-10,15,23H2,1-3H3,(H,24,25). The number of nitrogens with two attached hydrogens (primary N) is 1. The predicted molar refractivity (Wildman–Crippen MR) is 106 cm³/mol. The van der Waals surface area contributed by atoms with E-state index < -0.39 is 0 Å². The molecule has 4 nitrogen and oxygen atoms in total. The maximum absolute atomic E-state index is 12.2. The van der Waals surface area contributed by atoms with E-state index in [1.165, 1.54) is 5.56 Å². The van der Waals surface area contributed by atoms with Gasteiger partial charge in [-0.2, -0.15) is 0 Å². The lowest BCUT2D eigenvalue weighted by Gasteiger charge is -2.17. The molecule has 140 valence electrons. The molecule has 0 heterocycles. The number of rotatable bonds is 9. The van der Waals surface area contributed by atoms with Gasteiger partial charge in [-0.15, -0.1) is 0 Å². The van der Waals surface area contributed by atoms with Crippen LogP contribution in [0.25, 0.3) is 0 Å². The highest BCUT2D eigenvalue weighted by molar-refractivity contribution is 5.77. The Morgan fingerprint density at radius 1 is 1.04 bits per heavy atom. The first kappa shape index (κ1) is 20.0. The Kier molecular flexibility index (Phi) is 7.67. The molecule has 26 heavy (non-hydrogen) atoms. The van der Waals surface area contributed by atoms with Crippen LogP contribution in [-0.2, 0) is 11.2 Å². The van der Waals surface area contributed by atoms with Crippen molar-refractivity contribution >= 4 is 5.91 Å². The maximum atomic E-state index is 12.2. The van der Waals surface area contributed by atoms with E-state index in [1.807, 2.05) is 63.2 Å². The third kappa shape index (κ3) is 6.89. The van der Waals surface area contributed by atoms with Crippen molar-refractivity contribution < 1.29 is 9.53 Å². The molecule has 0 aliphatic heterocycles. The second-order valence-corrected chi connectivity index (χ2v) is 7.04. The van der Waals surface area contributed by atoms with E-state index in [1.54, 1.807) is 0 Å². The van der Waals surface area contributed by atoms with Crippen molar-refractivity contribution in [2.45, 2.75) is 58.2 Å². The second kappa shape index (κ2) is 9.97. The number of nitrogens with one attached hydrogen (secondary N) is 1. The molecule has 0 spiro atoms. The molecule has 0 bridgehead atoms. The first-order valence-corrected chi connectivity index (χ1v) is 9.29. The van der Waals surface area contributed by atoms with Gasteiger partial charge in [-0.25, -0.2) is 0 Å². The van der Waals surface area contributed by atoms with Gasteiger partial charge in [0.15, 0.2) is 0 Å². The number of carbonyl (C=O) groups is 1. The number of ether oxygens (including phenoxy) is 1. The molecule has 2 aromatic carbocycles. The molecule has 0 saturated heterocycles. The Balaban J connectivity index is 1.74.